The Balaban J connectivity index is 1.59. The Morgan fingerprint density at radius 1 is 1.08 bits per heavy atom. The molecule has 0 spiro atoms. The average molecular weight is 334 g/mol. The molecule has 1 amide bonds. The van der Waals surface area contributed by atoms with Crippen LogP contribution in [0.4, 0.5) is 4.79 Å². The van der Waals surface area contributed by atoms with E-state index in [1.54, 1.807) is 4.90 Å². The van der Waals surface area contributed by atoms with Gasteiger partial charge in [-0.3, -0.25) is 4.90 Å². The van der Waals surface area contributed by atoms with Gasteiger partial charge in [0.15, 0.2) is 0 Å². The zero-order valence-electron chi connectivity index (χ0n) is 14.0. The fourth-order valence-corrected chi connectivity index (χ4v) is 3.96. The minimum Gasteiger partial charge on any atom is -0.444 e. The minimum absolute atomic E-state index is 0.0968. The average Bonchev–Trinajstić information content (AvgIpc) is 3.23. The van der Waals surface area contributed by atoms with E-state index in [2.05, 4.69) is 6.08 Å². The Morgan fingerprint density at radius 2 is 1.76 bits per heavy atom. The Hall–Kier alpha value is -2.59. The first-order valence-corrected chi connectivity index (χ1v) is 8.76. The third-order valence-corrected chi connectivity index (χ3v) is 5.14. The van der Waals surface area contributed by atoms with Crippen molar-refractivity contribution in [1.29, 1.82) is 0 Å². The van der Waals surface area contributed by atoms with Crippen LogP contribution in [0.15, 0.2) is 72.4 Å². The lowest BCUT2D eigenvalue weighted by Crippen LogP contribution is -2.36. The molecule has 1 fully saturated rings. The van der Waals surface area contributed by atoms with Crippen LogP contribution >= 0.6 is 0 Å². The first-order chi connectivity index (χ1) is 12.3. The van der Waals surface area contributed by atoms with E-state index in [9.17, 15) is 4.79 Å². The van der Waals surface area contributed by atoms with Crippen LogP contribution in [0.3, 0.4) is 0 Å². The second-order valence-corrected chi connectivity index (χ2v) is 6.66. The predicted octanol–water partition coefficient (Wildman–Crippen LogP) is 4.00. The first kappa shape index (κ1) is 15.9. The fourth-order valence-electron chi connectivity index (χ4n) is 3.96. The Kier molecular flexibility index (Phi) is 4.28. The number of hydrogen-bond donors (Lipinski definition) is 1. The molecular formula is C21H22N2O2. The van der Waals surface area contributed by atoms with Crippen LogP contribution in [-0.2, 0) is 11.3 Å². The van der Waals surface area contributed by atoms with Gasteiger partial charge in [0.25, 0.3) is 0 Å². The third kappa shape index (κ3) is 2.94. The summed E-state index contributed by atoms with van der Waals surface area (Å²) in [6.07, 6.45) is 3.79. The number of hydrogen-bond acceptors (Lipinski definition) is 3. The number of carbonyl (C=O) groups excluding carboxylic acids is 1. The molecule has 0 bridgehead atoms. The number of benzene rings is 2. The molecule has 128 valence electrons. The molecule has 2 aromatic rings. The van der Waals surface area contributed by atoms with Crippen LogP contribution in [0.2, 0.25) is 0 Å². The van der Waals surface area contributed by atoms with E-state index in [0.29, 0.717) is 0 Å². The summed E-state index contributed by atoms with van der Waals surface area (Å²) >= 11 is 0. The predicted molar refractivity (Wildman–Crippen MR) is 96.4 cm³/mol. The van der Waals surface area contributed by atoms with Gasteiger partial charge in [-0.2, -0.15) is 0 Å². The van der Waals surface area contributed by atoms with Crippen LogP contribution in [0.25, 0.3) is 0 Å². The van der Waals surface area contributed by atoms with Crippen molar-refractivity contribution in [2.24, 2.45) is 11.7 Å². The second kappa shape index (κ2) is 6.73. The molecular weight excluding hydrogens is 312 g/mol. The van der Waals surface area contributed by atoms with Crippen molar-refractivity contribution >= 4 is 6.09 Å². The summed E-state index contributed by atoms with van der Waals surface area (Å²) in [5.41, 5.74) is 9.61. The highest BCUT2D eigenvalue weighted by atomic mass is 16.6. The summed E-state index contributed by atoms with van der Waals surface area (Å²) in [6.45, 7) is 0.269. The van der Waals surface area contributed by atoms with E-state index in [1.165, 1.54) is 0 Å². The van der Waals surface area contributed by atoms with Gasteiger partial charge in [-0.05, 0) is 24.0 Å². The molecule has 1 heterocycles. The molecule has 2 aliphatic rings. The molecule has 0 aromatic heterocycles. The highest BCUT2D eigenvalue weighted by Crippen LogP contribution is 2.47. The molecule has 3 atom stereocenters. The summed E-state index contributed by atoms with van der Waals surface area (Å²) in [5, 5.41) is 0. The van der Waals surface area contributed by atoms with Gasteiger partial charge in [0.05, 0.1) is 6.04 Å². The molecule has 0 radical (unpaired) electrons. The van der Waals surface area contributed by atoms with Gasteiger partial charge < -0.3 is 10.5 Å². The van der Waals surface area contributed by atoms with Gasteiger partial charge in [-0.15, -0.1) is 0 Å². The number of allylic oxidation sites excluding steroid dienone is 1. The number of nitrogens with two attached hydrogens (primary N) is 1. The van der Waals surface area contributed by atoms with Crippen LogP contribution < -0.4 is 5.73 Å². The molecule has 2 aromatic carbocycles. The molecule has 1 aliphatic heterocycles. The molecule has 4 rings (SSSR count). The van der Waals surface area contributed by atoms with Crippen LogP contribution in [-0.4, -0.2) is 17.0 Å². The normalized spacial score (nSPS) is 24.8. The molecule has 1 saturated heterocycles. The van der Waals surface area contributed by atoms with E-state index in [4.69, 9.17) is 10.5 Å². The highest BCUT2D eigenvalue weighted by molar-refractivity contribution is 5.72. The summed E-state index contributed by atoms with van der Waals surface area (Å²) in [5.74, 6) is 0.231. The smallest absolute Gasteiger partial charge is 0.414 e. The van der Waals surface area contributed by atoms with Gasteiger partial charge in [0, 0.05) is 17.7 Å². The van der Waals surface area contributed by atoms with Crippen molar-refractivity contribution in [2.45, 2.75) is 31.5 Å². The Labute approximate surface area is 147 Å². The highest BCUT2D eigenvalue weighted by Gasteiger charge is 2.48. The molecule has 0 saturated carbocycles. The van der Waals surface area contributed by atoms with Crippen molar-refractivity contribution in [3.05, 3.63) is 83.6 Å². The number of carbonyl (C=O) groups is 1. The number of likely N-dealkylation sites (tertiary alicyclic amines) is 1. The first-order valence-electron chi connectivity index (χ1n) is 8.76. The standard InChI is InChI=1S/C21H22N2O2/c22-19-17-12-7-13-18(17)23(20(19)16-10-5-2-6-11-16)21(24)25-14-15-8-3-1-4-9-15/h1-6,8-11,13,17,19-20H,7,12,14,22H2. The summed E-state index contributed by atoms with van der Waals surface area (Å²) < 4.78 is 5.61. The summed E-state index contributed by atoms with van der Waals surface area (Å²) in [4.78, 5) is 14.7. The minimum atomic E-state index is -0.316. The van der Waals surface area contributed by atoms with Gasteiger partial charge >= 0.3 is 6.09 Å². The molecule has 4 nitrogen and oxygen atoms in total. The second-order valence-electron chi connectivity index (χ2n) is 6.66. The van der Waals surface area contributed by atoms with Crippen molar-refractivity contribution in [2.75, 3.05) is 0 Å². The summed E-state index contributed by atoms with van der Waals surface area (Å²) in [6, 6.07) is 19.5. The SMILES string of the molecule is NC1C2CCC=C2N(C(=O)OCc2ccccc2)C1c1ccccc1. The van der Waals surface area contributed by atoms with Crippen molar-refractivity contribution in [3.63, 3.8) is 0 Å². The van der Waals surface area contributed by atoms with Crippen molar-refractivity contribution in [3.8, 4) is 0 Å². The number of nitrogens with zero attached hydrogens (tertiary/aromatic N) is 1. The lowest BCUT2D eigenvalue weighted by Gasteiger charge is -2.27. The maximum Gasteiger partial charge on any atom is 0.414 e. The monoisotopic (exact) mass is 334 g/mol. The molecule has 25 heavy (non-hydrogen) atoms. The van der Waals surface area contributed by atoms with E-state index < -0.39 is 0 Å². The maximum atomic E-state index is 12.9. The molecule has 2 N–H and O–H groups in total. The van der Waals surface area contributed by atoms with E-state index >= 15 is 0 Å². The maximum absolute atomic E-state index is 12.9. The van der Waals surface area contributed by atoms with Crippen molar-refractivity contribution < 1.29 is 9.53 Å². The zero-order chi connectivity index (χ0) is 17.2. The van der Waals surface area contributed by atoms with E-state index in [1.807, 2.05) is 60.7 Å². The number of fused-ring (bicyclic) bond motifs is 1. The summed E-state index contributed by atoms with van der Waals surface area (Å²) in [7, 11) is 0. The number of ether oxygens (including phenoxy) is 1. The lowest BCUT2D eigenvalue weighted by atomic mass is 9.93. The Bertz CT molecular complexity index is 773. The van der Waals surface area contributed by atoms with Gasteiger partial charge in [0.1, 0.15) is 6.61 Å². The fraction of sp³-hybridized carbons (Fsp3) is 0.286. The van der Waals surface area contributed by atoms with E-state index in [-0.39, 0.29) is 30.7 Å². The van der Waals surface area contributed by atoms with Crippen LogP contribution in [0, 0.1) is 5.92 Å². The topological polar surface area (TPSA) is 55.6 Å². The molecule has 1 aliphatic carbocycles. The van der Waals surface area contributed by atoms with Crippen LogP contribution in [0.5, 0.6) is 0 Å². The Morgan fingerprint density at radius 3 is 2.48 bits per heavy atom. The van der Waals surface area contributed by atoms with Crippen LogP contribution in [0.1, 0.15) is 30.0 Å². The largest absolute Gasteiger partial charge is 0.444 e. The number of amides is 1. The molecule has 4 heteroatoms. The van der Waals surface area contributed by atoms with Gasteiger partial charge in [-0.1, -0.05) is 66.7 Å². The molecule has 3 unspecified atom stereocenters. The zero-order valence-corrected chi connectivity index (χ0v) is 14.0. The van der Waals surface area contributed by atoms with Gasteiger partial charge in [-0.25, -0.2) is 4.79 Å². The number of rotatable bonds is 3. The third-order valence-electron chi connectivity index (χ3n) is 5.14. The lowest BCUT2D eigenvalue weighted by molar-refractivity contribution is 0.0990. The van der Waals surface area contributed by atoms with E-state index in [0.717, 1.165) is 29.7 Å². The van der Waals surface area contributed by atoms with Crippen molar-refractivity contribution in [1.82, 2.24) is 4.90 Å². The van der Waals surface area contributed by atoms with Gasteiger partial charge in [0.2, 0.25) is 0 Å². The quantitative estimate of drug-likeness (QED) is 0.923.